The van der Waals surface area contributed by atoms with Gasteiger partial charge in [-0.1, -0.05) is 0 Å². The first kappa shape index (κ1) is 21.1. The van der Waals surface area contributed by atoms with E-state index in [-0.39, 0.29) is 24.8 Å². The number of piperazine rings is 1. The first-order valence-corrected chi connectivity index (χ1v) is 8.44. The summed E-state index contributed by atoms with van der Waals surface area (Å²) in [6, 6.07) is 0. The highest BCUT2D eigenvalue weighted by Crippen LogP contribution is 2.19. The summed E-state index contributed by atoms with van der Waals surface area (Å²) >= 11 is 0. The maximum absolute atomic E-state index is 12.4. The zero-order chi connectivity index (χ0) is 15.4. The molecule has 2 aliphatic heterocycles. The van der Waals surface area contributed by atoms with Gasteiger partial charge in [-0.15, -0.1) is 24.8 Å². The molecule has 1 aromatic heterocycles. The van der Waals surface area contributed by atoms with Crippen LogP contribution < -0.4 is 10.2 Å². The van der Waals surface area contributed by atoms with Gasteiger partial charge in [-0.2, -0.15) is 5.10 Å². The summed E-state index contributed by atoms with van der Waals surface area (Å²) in [5.41, 5.74) is 1.16. The number of carbonyl (C=O) groups excluding carboxylic acids is 1. The van der Waals surface area contributed by atoms with Crippen LogP contribution in [0.15, 0.2) is 12.4 Å². The maximum atomic E-state index is 12.4. The lowest BCUT2D eigenvalue weighted by Gasteiger charge is -2.35. The number of anilines is 1. The van der Waals surface area contributed by atoms with Crippen molar-refractivity contribution in [1.29, 1.82) is 0 Å². The summed E-state index contributed by atoms with van der Waals surface area (Å²) in [5.74, 6) is 1.08. The molecule has 0 saturated carbocycles. The Morgan fingerprint density at radius 2 is 1.88 bits per heavy atom. The number of piperidine rings is 1. The standard InChI is InChI=1S/C16H27N5O.2ClH/c1-19-13-15(12-18-19)20-8-10-21(11-9-20)16(22)3-2-14-4-6-17-7-5-14;;/h12-14,17H,2-11H2,1H3;2*1H. The molecule has 3 heterocycles. The summed E-state index contributed by atoms with van der Waals surface area (Å²) in [7, 11) is 1.93. The van der Waals surface area contributed by atoms with E-state index in [1.54, 1.807) is 0 Å². The molecule has 8 heteroatoms. The van der Waals surface area contributed by atoms with Crippen molar-refractivity contribution < 1.29 is 4.79 Å². The van der Waals surface area contributed by atoms with E-state index in [9.17, 15) is 4.79 Å². The highest BCUT2D eigenvalue weighted by Gasteiger charge is 2.23. The number of hydrogen-bond donors (Lipinski definition) is 1. The van der Waals surface area contributed by atoms with Crippen molar-refractivity contribution in [1.82, 2.24) is 20.0 Å². The van der Waals surface area contributed by atoms with Gasteiger partial charge in [0.15, 0.2) is 0 Å². The van der Waals surface area contributed by atoms with Gasteiger partial charge in [0.25, 0.3) is 0 Å². The van der Waals surface area contributed by atoms with Crippen LogP contribution in [0.5, 0.6) is 0 Å². The molecule has 0 atom stereocenters. The fraction of sp³-hybridized carbons (Fsp3) is 0.750. The van der Waals surface area contributed by atoms with Crippen molar-refractivity contribution in [3.63, 3.8) is 0 Å². The van der Waals surface area contributed by atoms with E-state index >= 15 is 0 Å². The molecule has 6 nitrogen and oxygen atoms in total. The summed E-state index contributed by atoms with van der Waals surface area (Å²) in [6.45, 7) is 5.71. The van der Waals surface area contributed by atoms with Gasteiger partial charge in [-0.25, -0.2) is 0 Å². The number of carbonyl (C=O) groups is 1. The van der Waals surface area contributed by atoms with E-state index < -0.39 is 0 Å². The van der Waals surface area contributed by atoms with Crippen molar-refractivity contribution in [3.8, 4) is 0 Å². The number of aromatic nitrogens is 2. The number of nitrogens with zero attached hydrogens (tertiary/aromatic N) is 4. The van der Waals surface area contributed by atoms with Crippen LogP contribution in [0.1, 0.15) is 25.7 Å². The molecule has 0 spiro atoms. The lowest BCUT2D eigenvalue weighted by molar-refractivity contribution is -0.131. The minimum absolute atomic E-state index is 0. The Bertz CT molecular complexity index is 496. The summed E-state index contributed by atoms with van der Waals surface area (Å²) in [6.07, 6.45) is 8.16. The van der Waals surface area contributed by atoms with Crippen LogP contribution in [-0.2, 0) is 11.8 Å². The third kappa shape index (κ3) is 5.53. The van der Waals surface area contributed by atoms with Crippen LogP contribution in [0.4, 0.5) is 5.69 Å². The van der Waals surface area contributed by atoms with Gasteiger partial charge in [-0.05, 0) is 38.3 Å². The monoisotopic (exact) mass is 377 g/mol. The average molecular weight is 378 g/mol. The zero-order valence-electron chi connectivity index (χ0n) is 14.3. The number of rotatable bonds is 4. The van der Waals surface area contributed by atoms with Crippen molar-refractivity contribution >= 4 is 36.4 Å². The van der Waals surface area contributed by atoms with Crippen LogP contribution in [0.25, 0.3) is 0 Å². The Labute approximate surface area is 156 Å². The lowest BCUT2D eigenvalue weighted by atomic mass is 9.93. The normalized spacial score (nSPS) is 18.7. The molecule has 0 aromatic carbocycles. The third-order valence-corrected chi connectivity index (χ3v) is 4.91. The number of aryl methyl sites for hydroxylation is 1. The van der Waals surface area contributed by atoms with Crippen molar-refractivity contribution in [3.05, 3.63) is 12.4 Å². The minimum atomic E-state index is 0. The molecule has 2 aliphatic rings. The van der Waals surface area contributed by atoms with E-state index in [1.165, 1.54) is 12.8 Å². The van der Waals surface area contributed by atoms with E-state index in [0.29, 0.717) is 5.91 Å². The van der Waals surface area contributed by atoms with Crippen LogP contribution >= 0.6 is 24.8 Å². The fourth-order valence-corrected chi connectivity index (χ4v) is 3.44. The topological polar surface area (TPSA) is 53.4 Å². The van der Waals surface area contributed by atoms with Gasteiger partial charge >= 0.3 is 0 Å². The molecule has 1 aromatic rings. The van der Waals surface area contributed by atoms with Crippen LogP contribution in [0.2, 0.25) is 0 Å². The quantitative estimate of drug-likeness (QED) is 0.867. The predicted molar refractivity (Wildman–Crippen MR) is 101 cm³/mol. The van der Waals surface area contributed by atoms with Crippen LogP contribution in [0, 0.1) is 5.92 Å². The third-order valence-electron chi connectivity index (χ3n) is 4.91. The number of halogens is 2. The molecule has 1 N–H and O–H groups in total. The summed E-state index contributed by atoms with van der Waals surface area (Å²) in [4.78, 5) is 16.7. The fourth-order valence-electron chi connectivity index (χ4n) is 3.44. The molecule has 0 radical (unpaired) electrons. The second-order valence-electron chi connectivity index (χ2n) is 6.47. The Morgan fingerprint density at radius 3 is 2.46 bits per heavy atom. The first-order valence-electron chi connectivity index (χ1n) is 8.44. The molecule has 0 bridgehead atoms. The molecule has 3 rings (SSSR count). The molecule has 1 amide bonds. The van der Waals surface area contributed by atoms with Gasteiger partial charge in [0.1, 0.15) is 0 Å². The lowest BCUT2D eigenvalue weighted by Crippen LogP contribution is -2.48. The molecule has 2 fully saturated rings. The summed E-state index contributed by atoms with van der Waals surface area (Å²) in [5, 5.41) is 7.60. The van der Waals surface area contributed by atoms with Gasteiger partial charge < -0.3 is 15.1 Å². The minimum Gasteiger partial charge on any atom is -0.365 e. The Morgan fingerprint density at radius 1 is 1.21 bits per heavy atom. The van der Waals surface area contributed by atoms with Crippen molar-refractivity contribution in [2.24, 2.45) is 13.0 Å². The van der Waals surface area contributed by atoms with Gasteiger partial charge in [0.2, 0.25) is 5.91 Å². The summed E-state index contributed by atoms with van der Waals surface area (Å²) < 4.78 is 1.83. The highest BCUT2D eigenvalue weighted by molar-refractivity contribution is 5.85. The SMILES string of the molecule is Cl.Cl.Cn1cc(N2CCN(C(=O)CCC3CCNCC3)CC2)cn1. The molecule has 0 unspecified atom stereocenters. The van der Waals surface area contributed by atoms with E-state index in [2.05, 4.69) is 15.3 Å². The van der Waals surface area contributed by atoms with Crippen molar-refractivity contribution in [2.75, 3.05) is 44.2 Å². The molecule has 138 valence electrons. The molecule has 2 saturated heterocycles. The second kappa shape index (κ2) is 10.1. The first-order chi connectivity index (χ1) is 10.7. The highest BCUT2D eigenvalue weighted by atomic mass is 35.5. The van der Waals surface area contributed by atoms with Gasteiger partial charge in [0.05, 0.1) is 11.9 Å². The second-order valence-corrected chi connectivity index (χ2v) is 6.47. The largest absolute Gasteiger partial charge is 0.365 e. The molecular weight excluding hydrogens is 349 g/mol. The van der Waals surface area contributed by atoms with Gasteiger partial charge in [-0.3, -0.25) is 9.48 Å². The van der Waals surface area contributed by atoms with Gasteiger partial charge in [0, 0.05) is 45.8 Å². The van der Waals surface area contributed by atoms with Crippen molar-refractivity contribution in [2.45, 2.75) is 25.7 Å². The molecule has 24 heavy (non-hydrogen) atoms. The molecular formula is C16H29Cl2N5O. The maximum Gasteiger partial charge on any atom is 0.222 e. The predicted octanol–water partition coefficient (Wildman–Crippen LogP) is 1.69. The average Bonchev–Trinajstić information content (AvgIpc) is 3.00. The Hall–Kier alpha value is -0.980. The molecule has 0 aliphatic carbocycles. The number of hydrogen-bond acceptors (Lipinski definition) is 4. The Kier molecular flexibility index (Phi) is 8.87. The van der Waals surface area contributed by atoms with E-state index in [1.807, 2.05) is 29.0 Å². The zero-order valence-corrected chi connectivity index (χ0v) is 15.9. The number of nitrogens with one attached hydrogen (secondary N) is 1. The number of amides is 1. The van der Waals surface area contributed by atoms with Crippen LogP contribution in [0.3, 0.4) is 0 Å². The Balaban J connectivity index is 0.00000144. The smallest absolute Gasteiger partial charge is 0.222 e. The van der Waals surface area contributed by atoms with Crippen LogP contribution in [-0.4, -0.2) is 59.9 Å². The van der Waals surface area contributed by atoms with E-state index in [4.69, 9.17) is 0 Å². The van der Waals surface area contributed by atoms with E-state index in [0.717, 1.165) is 63.7 Å².